The van der Waals surface area contributed by atoms with Gasteiger partial charge in [0.25, 0.3) is 0 Å². The molecule has 7 heteroatoms. The predicted molar refractivity (Wildman–Crippen MR) is 102 cm³/mol. The van der Waals surface area contributed by atoms with Crippen LogP contribution in [0.1, 0.15) is 0 Å². The molecule has 4 rings (SSSR count). The molecule has 1 aliphatic rings. The number of fused-ring (bicyclic) bond motifs is 1. The van der Waals surface area contributed by atoms with Gasteiger partial charge in [-0.3, -0.25) is 0 Å². The fourth-order valence-electron chi connectivity index (χ4n) is 3.32. The summed E-state index contributed by atoms with van der Waals surface area (Å²) in [7, 11) is 0. The fraction of sp³-hybridized carbons (Fsp3) is 0.222. The van der Waals surface area contributed by atoms with Gasteiger partial charge in [0.15, 0.2) is 5.82 Å². The normalized spacial score (nSPS) is 14.7. The molecular weight excluding hydrogens is 314 g/mol. The van der Waals surface area contributed by atoms with Gasteiger partial charge >= 0.3 is 0 Å². The molecule has 0 unspecified atom stereocenters. The number of hydrazine groups is 1. The number of para-hydroxylation sites is 1. The van der Waals surface area contributed by atoms with Gasteiger partial charge in [-0.05, 0) is 23.8 Å². The second-order valence-corrected chi connectivity index (χ2v) is 6.06. The first kappa shape index (κ1) is 15.6. The van der Waals surface area contributed by atoms with Gasteiger partial charge in [-0.25, -0.2) is 10.8 Å². The van der Waals surface area contributed by atoms with E-state index in [1.807, 2.05) is 6.07 Å². The molecule has 6 N–H and O–H groups in total. The van der Waals surface area contributed by atoms with Gasteiger partial charge in [-0.2, -0.15) is 4.98 Å². The summed E-state index contributed by atoms with van der Waals surface area (Å²) in [4.78, 5) is 10.9. The first-order chi connectivity index (χ1) is 12.3. The van der Waals surface area contributed by atoms with E-state index in [-0.39, 0.29) is 5.95 Å². The van der Waals surface area contributed by atoms with E-state index in [4.69, 9.17) is 11.6 Å². The van der Waals surface area contributed by atoms with Crippen molar-refractivity contribution >= 4 is 28.4 Å². The number of aromatic nitrogens is 2. The number of nitrogens with zero attached hydrogens (tertiary/aromatic N) is 3. The fourth-order valence-corrected chi connectivity index (χ4v) is 3.32. The molecule has 128 valence electrons. The Bertz CT molecular complexity index is 903. The highest BCUT2D eigenvalue weighted by Crippen LogP contribution is 2.34. The van der Waals surface area contributed by atoms with Crippen molar-refractivity contribution in [1.82, 2.24) is 15.3 Å². The summed E-state index contributed by atoms with van der Waals surface area (Å²) in [5.74, 6) is 6.34. The Kier molecular flexibility index (Phi) is 4.09. The Balaban J connectivity index is 1.83. The highest BCUT2D eigenvalue weighted by Gasteiger charge is 2.15. The van der Waals surface area contributed by atoms with Gasteiger partial charge in [0.1, 0.15) is 0 Å². The molecule has 1 saturated heterocycles. The molecule has 0 bridgehead atoms. The number of nitrogen functional groups attached to an aromatic ring is 2. The third-order valence-electron chi connectivity index (χ3n) is 4.52. The number of rotatable bonds is 3. The lowest BCUT2D eigenvalue weighted by Gasteiger charge is -2.31. The Morgan fingerprint density at radius 1 is 1.04 bits per heavy atom. The first-order valence-corrected chi connectivity index (χ1v) is 8.35. The average Bonchev–Trinajstić information content (AvgIpc) is 2.67. The number of anilines is 3. The lowest BCUT2D eigenvalue weighted by molar-refractivity contribution is 0.589. The summed E-state index contributed by atoms with van der Waals surface area (Å²) in [5, 5.41) is 4.25. The van der Waals surface area contributed by atoms with Crippen LogP contribution in [0.25, 0.3) is 22.0 Å². The summed E-state index contributed by atoms with van der Waals surface area (Å²) in [5.41, 5.74) is 12.7. The largest absolute Gasteiger partial charge is 0.368 e. The average molecular weight is 335 g/mol. The van der Waals surface area contributed by atoms with Gasteiger partial charge in [0, 0.05) is 42.8 Å². The molecule has 0 atom stereocenters. The van der Waals surface area contributed by atoms with Crippen molar-refractivity contribution in [2.24, 2.45) is 5.84 Å². The number of hydrogen-bond acceptors (Lipinski definition) is 7. The Labute approximate surface area is 146 Å². The van der Waals surface area contributed by atoms with E-state index in [0.717, 1.165) is 42.6 Å². The SMILES string of the molecule is NNc1nc(N)nc2ccc(-c3ccccc3N3CCNCC3)cc12. The van der Waals surface area contributed by atoms with E-state index in [1.165, 1.54) is 11.3 Å². The Morgan fingerprint density at radius 2 is 1.84 bits per heavy atom. The minimum atomic E-state index is 0.203. The van der Waals surface area contributed by atoms with E-state index < -0.39 is 0 Å². The molecule has 2 aromatic carbocycles. The monoisotopic (exact) mass is 335 g/mol. The Morgan fingerprint density at radius 3 is 2.64 bits per heavy atom. The number of nitrogens with two attached hydrogens (primary N) is 2. The van der Waals surface area contributed by atoms with Crippen LogP contribution < -0.4 is 27.2 Å². The van der Waals surface area contributed by atoms with Crippen LogP contribution in [-0.2, 0) is 0 Å². The zero-order valence-corrected chi connectivity index (χ0v) is 13.9. The van der Waals surface area contributed by atoms with Gasteiger partial charge < -0.3 is 21.4 Å². The predicted octanol–water partition coefficient (Wildman–Crippen LogP) is 1.57. The number of nitrogens with one attached hydrogen (secondary N) is 2. The molecule has 0 spiro atoms. The van der Waals surface area contributed by atoms with Gasteiger partial charge in [-0.15, -0.1) is 0 Å². The first-order valence-electron chi connectivity index (χ1n) is 8.35. The van der Waals surface area contributed by atoms with Crippen LogP contribution in [0, 0.1) is 0 Å². The van der Waals surface area contributed by atoms with E-state index in [0.29, 0.717) is 5.82 Å². The number of hydrogen-bond donors (Lipinski definition) is 4. The molecule has 0 amide bonds. The van der Waals surface area contributed by atoms with Crippen molar-refractivity contribution in [1.29, 1.82) is 0 Å². The van der Waals surface area contributed by atoms with Crippen LogP contribution in [0.2, 0.25) is 0 Å². The van der Waals surface area contributed by atoms with Crippen LogP contribution in [0.15, 0.2) is 42.5 Å². The van der Waals surface area contributed by atoms with Crippen LogP contribution >= 0.6 is 0 Å². The van der Waals surface area contributed by atoms with E-state index in [2.05, 4.69) is 62.0 Å². The van der Waals surface area contributed by atoms with Crippen molar-refractivity contribution in [3.63, 3.8) is 0 Å². The van der Waals surface area contributed by atoms with Crippen molar-refractivity contribution < 1.29 is 0 Å². The molecule has 0 radical (unpaired) electrons. The topological polar surface area (TPSA) is 105 Å². The third-order valence-corrected chi connectivity index (χ3v) is 4.52. The van der Waals surface area contributed by atoms with Crippen LogP contribution in [0.5, 0.6) is 0 Å². The van der Waals surface area contributed by atoms with Gasteiger partial charge in [-0.1, -0.05) is 24.3 Å². The molecule has 25 heavy (non-hydrogen) atoms. The molecule has 1 aliphatic heterocycles. The number of benzene rings is 2. The molecular formula is C18H21N7. The summed E-state index contributed by atoms with van der Waals surface area (Å²) >= 11 is 0. The van der Waals surface area contributed by atoms with Crippen LogP contribution in [0.4, 0.5) is 17.5 Å². The van der Waals surface area contributed by atoms with Crippen molar-refractivity contribution in [2.45, 2.75) is 0 Å². The van der Waals surface area contributed by atoms with Gasteiger partial charge in [0.2, 0.25) is 5.95 Å². The molecule has 0 aliphatic carbocycles. The Hall–Kier alpha value is -2.90. The molecule has 7 nitrogen and oxygen atoms in total. The maximum atomic E-state index is 5.74. The highest BCUT2D eigenvalue weighted by molar-refractivity contribution is 5.94. The van der Waals surface area contributed by atoms with Gasteiger partial charge in [0.05, 0.1) is 5.52 Å². The molecule has 0 saturated carbocycles. The lowest BCUT2D eigenvalue weighted by atomic mass is 10.0. The van der Waals surface area contributed by atoms with E-state index in [1.54, 1.807) is 0 Å². The third kappa shape index (κ3) is 2.95. The standard InChI is InChI=1S/C18H21N7/c19-18-22-15-6-5-12(11-14(15)17(23-18)24-20)13-3-1-2-4-16(13)25-9-7-21-8-10-25/h1-6,11,21H,7-10,20H2,(H3,19,22,23,24). The maximum Gasteiger partial charge on any atom is 0.222 e. The van der Waals surface area contributed by atoms with Crippen molar-refractivity contribution in [3.05, 3.63) is 42.5 Å². The maximum absolute atomic E-state index is 5.74. The minimum absolute atomic E-state index is 0.203. The highest BCUT2D eigenvalue weighted by atomic mass is 15.3. The zero-order chi connectivity index (χ0) is 17.2. The minimum Gasteiger partial charge on any atom is -0.368 e. The van der Waals surface area contributed by atoms with Crippen LogP contribution in [-0.4, -0.2) is 36.1 Å². The lowest BCUT2D eigenvalue weighted by Crippen LogP contribution is -2.43. The van der Waals surface area contributed by atoms with Crippen molar-refractivity contribution in [2.75, 3.05) is 42.2 Å². The second kappa shape index (κ2) is 6.54. The summed E-state index contributed by atoms with van der Waals surface area (Å²) in [6.07, 6.45) is 0. The zero-order valence-electron chi connectivity index (χ0n) is 13.9. The number of piperazine rings is 1. The molecule has 1 fully saturated rings. The second-order valence-electron chi connectivity index (χ2n) is 6.06. The molecule has 2 heterocycles. The van der Waals surface area contributed by atoms with E-state index in [9.17, 15) is 0 Å². The summed E-state index contributed by atoms with van der Waals surface area (Å²) in [6, 6.07) is 14.5. The summed E-state index contributed by atoms with van der Waals surface area (Å²) < 4.78 is 0. The van der Waals surface area contributed by atoms with Crippen LogP contribution in [0.3, 0.4) is 0 Å². The van der Waals surface area contributed by atoms with E-state index >= 15 is 0 Å². The van der Waals surface area contributed by atoms with Crippen molar-refractivity contribution in [3.8, 4) is 11.1 Å². The summed E-state index contributed by atoms with van der Waals surface area (Å²) in [6.45, 7) is 4.00. The quantitative estimate of drug-likeness (QED) is 0.425. The molecule has 1 aromatic heterocycles. The smallest absolute Gasteiger partial charge is 0.222 e. The molecule has 3 aromatic rings.